The summed E-state index contributed by atoms with van der Waals surface area (Å²) in [7, 11) is 1.65. The van der Waals surface area contributed by atoms with Crippen molar-refractivity contribution in [3.63, 3.8) is 0 Å². The summed E-state index contributed by atoms with van der Waals surface area (Å²) >= 11 is 1.35. The molecule has 0 bridgehead atoms. The molecule has 1 aliphatic heterocycles. The Labute approximate surface area is 169 Å². The summed E-state index contributed by atoms with van der Waals surface area (Å²) in [6.07, 6.45) is 0.695. The number of nitrogens with zero attached hydrogens (tertiary/aromatic N) is 2. The maximum Gasteiger partial charge on any atom is 0.340 e. The molecule has 148 valence electrons. The number of aromatic amines is 1. The highest BCUT2D eigenvalue weighted by Gasteiger charge is 2.28. The minimum absolute atomic E-state index is 0.195. The Morgan fingerprint density at radius 2 is 2.21 bits per heavy atom. The second-order valence-corrected chi connectivity index (χ2v) is 8.17. The van der Waals surface area contributed by atoms with Crippen molar-refractivity contribution in [2.24, 2.45) is 0 Å². The first kappa shape index (κ1) is 17.9. The number of aryl methyl sites for hydroxylation is 2. The molecule has 0 aliphatic carbocycles. The van der Waals surface area contributed by atoms with Gasteiger partial charge >= 0.3 is 5.97 Å². The smallest absolute Gasteiger partial charge is 0.340 e. The van der Waals surface area contributed by atoms with E-state index < -0.39 is 5.97 Å². The van der Waals surface area contributed by atoms with Crippen molar-refractivity contribution in [1.29, 1.82) is 0 Å². The Hall–Kier alpha value is -3.13. The van der Waals surface area contributed by atoms with Crippen LogP contribution in [0.3, 0.4) is 0 Å². The summed E-state index contributed by atoms with van der Waals surface area (Å²) in [6.45, 7) is 4.34. The van der Waals surface area contributed by atoms with Gasteiger partial charge in [-0.2, -0.15) is 0 Å². The summed E-state index contributed by atoms with van der Waals surface area (Å²) < 4.78 is 12.2. The zero-order chi connectivity index (χ0) is 20.3. The van der Waals surface area contributed by atoms with Gasteiger partial charge in [-0.15, -0.1) is 11.3 Å². The number of methoxy groups -OCH3 is 1. The zero-order valence-electron chi connectivity index (χ0n) is 16.3. The highest BCUT2D eigenvalue weighted by molar-refractivity contribution is 7.19. The molecule has 0 atom stereocenters. The molecule has 0 fully saturated rings. The van der Waals surface area contributed by atoms with E-state index in [1.165, 1.54) is 11.3 Å². The number of carbonyl (C=O) groups is 1. The normalized spacial score (nSPS) is 12.8. The van der Waals surface area contributed by atoms with Gasteiger partial charge in [0.15, 0.2) is 5.82 Å². The van der Waals surface area contributed by atoms with Crippen molar-refractivity contribution < 1.29 is 14.3 Å². The van der Waals surface area contributed by atoms with E-state index in [1.807, 2.05) is 25.1 Å². The van der Waals surface area contributed by atoms with E-state index >= 15 is 0 Å². The number of hydrogen-bond donors (Lipinski definition) is 1. The minimum Gasteiger partial charge on any atom is -0.497 e. The largest absolute Gasteiger partial charge is 0.497 e. The van der Waals surface area contributed by atoms with Crippen molar-refractivity contribution in [3.8, 4) is 17.3 Å². The highest BCUT2D eigenvalue weighted by Crippen LogP contribution is 2.36. The average Bonchev–Trinajstić information content (AvgIpc) is 3.25. The molecule has 7 nitrogen and oxygen atoms in total. The Kier molecular flexibility index (Phi) is 3.99. The molecule has 0 amide bonds. The number of thiophene rings is 1. The van der Waals surface area contributed by atoms with E-state index in [1.54, 1.807) is 18.6 Å². The number of fused-ring (bicyclic) bond motifs is 6. The van der Waals surface area contributed by atoms with Gasteiger partial charge in [-0.25, -0.2) is 9.78 Å². The fraction of sp³-hybridized carbons (Fsp3) is 0.286. The molecule has 0 saturated carbocycles. The third kappa shape index (κ3) is 2.52. The number of nitrogens with one attached hydrogen (secondary N) is 1. The molecule has 1 aromatic carbocycles. The summed E-state index contributed by atoms with van der Waals surface area (Å²) in [5, 5.41) is 1.44. The number of carbonyl (C=O) groups excluding carboxylic acids is 1. The number of ether oxygens (including phenoxy) is 2. The first-order valence-electron chi connectivity index (χ1n) is 9.43. The van der Waals surface area contributed by atoms with E-state index in [0.29, 0.717) is 34.6 Å². The summed E-state index contributed by atoms with van der Waals surface area (Å²) in [5.74, 6) is 0.930. The van der Waals surface area contributed by atoms with Gasteiger partial charge in [-0.1, -0.05) is 0 Å². The van der Waals surface area contributed by atoms with Gasteiger partial charge in [0.2, 0.25) is 0 Å². The van der Waals surface area contributed by atoms with Crippen LogP contribution in [0, 0.1) is 6.92 Å². The minimum atomic E-state index is -0.468. The quantitative estimate of drug-likeness (QED) is 0.522. The lowest BCUT2D eigenvalue weighted by atomic mass is 10.0. The maximum absolute atomic E-state index is 13.3. The monoisotopic (exact) mass is 409 g/mol. The molecule has 0 saturated heterocycles. The Balaban J connectivity index is 1.78. The SMILES string of the molecule is CCOC(=O)c1c(C)sc2nc3n(c(=O)c12)CCc1c-3[nH]c2ccc(OC)cc12. The highest BCUT2D eigenvalue weighted by atomic mass is 32.1. The first-order valence-corrected chi connectivity index (χ1v) is 10.2. The van der Waals surface area contributed by atoms with Gasteiger partial charge in [-0.3, -0.25) is 9.36 Å². The summed E-state index contributed by atoms with van der Waals surface area (Å²) in [6, 6.07) is 5.88. The molecule has 0 spiro atoms. The zero-order valence-corrected chi connectivity index (χ0v) is 17.1. The number of rotatable bonds is 3. The molecule has 29 heavy (non-hydrogen) atoms. The molecular formula is C21H19N3O4S. The number of esters is 1. The van der Waals surface area contributed by atoms with Crippen LogP contribution >= 0.6 is 11.3 Å². The molecule has 1 aliphatic rings. The van der Waals surface area contributed by atoms with Gasteiger partial charge in [0.1, 0.15) is 10.6 Å². The lowest BCUT2D eigenvalue weighted by molar-refractivity contribution is 0.0528. The molecule has 0 unspecified atom stereocenters. The van der Waals surface area contributed by atoms with Crippen LogP contribution in [-0.2, 0) is 17.7 Å². The second-order valence-electron chi connectivity index (χ2n) is 6.97. The topological polar surface area (TPSA) is 86.2 Å². The summed E-state index contributed by atoms with van der Waals surface area (Å²) in [5.41, 5.74) is 3.10. The fourth-order valence-electron chi connectivity index (χ4n) is 4.07. The third-order valence-corrected chi connectivity index (χ3v) is 6.39. The van der Waals surface area contributed by atoms with Crippen LogP contribution in [0.1, 0.15) is 27.7 Å². The third-order valence-electron chi connectivity index (χ3n) is 5.39. The molecule has 4 heterocycles. The Bertz CT molecular complexity index is 1360. The van der Waals surface area contributed by atoms with Gasteiger partial charge in [0, 0.05) is 22.3 Å². The first-order chi connectivity index (χ1) is 14.0. The Morgan fingerprint density at radius 1 is 1.38 bits per heavy atom. The number of hydrogen-bond acceptors (Lipinski definition) is 6. The molecule has 3 aromatic heterocycles. The van der Waals surface area contributed by atoms with E-state index in [0.717, 1.165) is 32.8 Å². The van der Waals surface area contributed by atoms with Crippen LogP contribution in [0.25, 0.3) is 32.6 Å². The predicted molar refractivity (Wildman–Crippen MR) is 112 cm³/mol. The van der Waals surface area contributed by atoms with Crippen LogP contribution in [0.5, 0.6) is 5.75 Å². The van der Waals surface area contributed by atoms with Crippen LogP contribution < -0.4 is 10.3 Å². The molecular weight excluding hydrogens is 390 g/mol. The summed E-state index contributed by atoms with van der Waals surface area (Å²) in [4.78, 5) is 35.3. The molecule has 0 radical (unpaired) electrons. The van der Waals surface area contributed by atoms with Gasteiger partial charge in [0.05, 0.1) is 30.4 Å². The van der Waals surface area contributed by atoms with Crippen molar-refractivity contribution in [2.45, 2.75) is 26.8 Å². The molecule has 4 aromatic rings. The maximum atomic E-state index is 13.3. The van der Waals surface area contributed by atoms with Gasteiger partial charge < -0.3 is 14.5 Å². The molecule has 5 rings (SSSR count). The lowest BCUT2D eigenvalue weighted by Crippen LogP contribution is -2.28. The average molecular weight is 409 g/mol. The van der Waals surface area contributed by atoms with E-state index in [4.69, 9.17) is 14.5 Å². The standard InChI is InChI=1S/C21H19N3O4S/c1-4-28-21(26)15-10(2)29-19-16(15)20(25)24-8-7-12-13-9-11(27-3)5-6-14(13)22-17(12)18(24)23-19/h5-6,9,22H,4,7-8H2,1-3H3. The fourth-order valence-corrected chi connectivity index (χ4v) is 5.07. The molecule has 8 heteroatoms. The predicted octanol–water partition coefficient (Wildman–Crippen LogP) is 3.66. The molecule has 1 N–H and O–H groups in total. The van der Waals surface area contributed by atoms with Crippen LogP contribution in [0.15, 0.2) is 23.0 Å². The van der Waals surface area contributed by atoms with E-state index in [-0.39, 0.29) is 12.2 Å². The van der Waals surface area contributed by atoms with E-state index in [9.17, 15) is 9.59 Å². The van der Waals surface area contributed by atoms with Crippen molar-refractivity contribution in [1.82, 2.24) is 14.5 Å². The van der Waals surface area contributed by atoms with E-state index in [2.05, 4.69) is 4.98 Å². The van der Waals surface area contributed by atoms with Crippen LogP contribution in [-0.4, -0.2) is 34.2 Å². The van der Waals surface area contributed by atoms with Crippen molar-refractivity contribution in [3.05, 3.63) is 44.6 Å². The van der Waals surface area contributed by atoms with Crippen molar-refractivity contribution >= 4 is 38.4 Å². The number of aromatic nitrogens is 3. The van der Waals surface area contributed by atoms with Crippen LogP contribution in [0.4, 0.5) is 0 Å². The second kappa shape index (κ2) is 6.45. The van der Waals surface area contributed by atoms with Gasteiger partial charge in [-0.05, 0) is 44.0 Å². The number of benzene rings is 1. The number of H-pyrrole nitrogens is 1. The van der Waals surface area contributed by atoms with Crippen molar-refractivity contribution in [2.75, 3.05) is 13.7 Å². The lowest BCUT2D eigenvalue weighted by Gasteiger charge is -2.18. The van der Waals surface area contributed by atoms with Gasteiger partial charge in [0.25, 0.3) is 5.56 Å². The van der Waals surface area contributed by atoms with Crippen LogP contribution in [0.2, 0.25) is 0 Å². The Morgan fingerprint density at radius 3 is 2.97 bits per heavy atom.